The van der Waals surface area contributed by atoms with Crippen LogP contribution in [0, 0.1) is 5.92 Å². The standard InChI is InChI=1S/C16H25NO4S/c1-5-11(2)12(3)17(13-6-7-13)16(18)15-9-8-14(21-15)10-22(4,19)20/h8-9,11-13H,5-7,10H2,1-4H3/t11-,12-/m1/s1. The molecule has 124 valence electrons. The van der Waals surface area contributed by atoms with Gasteiger partial charge in [-0.3, -0.25) is 4.79 Å². The Morgan fingerprint density at radius 3 is 2.50 bits per heavy atom. The number of rotatable bonds is 7. The SMILES string of the molecule is CC[C@@H](C)[C@@H](C)N(C(=O)c1ccc(CS(C)(=O)=O)o1)C1CC1. The van der Waals surface area contributed by atoms with Crippen molar-refractivity contribution in [2.24, 2.45) is 5.92 Å². The Balaban J connectivity index is 2.17. The Hall–Kier alpha value is -1.30. The van der Waals surface area contributed by atoms with Crippen molar-refractivity contribution in [2.45, 2.75) is 57.9 Å². The molecule has 1 amide bonds. The molecule has 0 unspecified atom stereocenters. The lowest BCUT2D eigenvalue weighted by molar-refractivity contribution is 0.0581. The van der Waals surface area contributed by atoms with E-state index < -0.39 is 9.84 Å². The number of amides is 1. The van der Waals surface area contributed by atoms with Crippen LogP contribution in [0.3, 0.4) is 0 Å². The Bertz CT molecular complexity index is 630. The first-order chi connectivity index (χ1) is 10.2. The lowest BCUT2D eigenvalue weighted by Gasteiger charge is -2.32. The molecular formula is C16H25NO4S. The number of furan rings is 1. The molecule has 0 aromatic carbocycles. The Morgan fingerprint density at radius 1 is 1.36 bits per heavy atom. The third-order valence-corrected chi connectivity index (χ3v) is 5.17. The molecule has 0 bridgehead atoms. The normalized spacial score (nSPS) is 18.0. The Labute approximate surface area is 132 Å². The first-order valence-corrected chi connectivity index (χ1v) is 9.88. The van der Waals surface area contributed by atoms with Crippen LogP contribution < -0.4 is 0 Å². The van der Waals surface area contributed by atoms with Gasteiger partial charge in [-0.2, -0.15) is 0 Å². The molecule has 2 rings (SSSR count). The summed E-state index contributed by atoms with van der Waals surface area (Å²) in [5, 5.41) is 0. The number of nitrogens with zero attached hydrogens (tertiary/aromatic N) is 1. The molecule has 1 aromatic heterocycles. The summed E-state index contributed by atoms with van der Waals surface area (Å²) in [5.74, 6) is 0.661. The molecular weight excluding hydrogens is 302 g/mol. The van der Waals surface area contributed by atoms with Gasteiger partial charge in [0.15, 0.2) is 15.6 Å². The zero-order valence-electron chi connectivity index (χ0n) is 13.7. The summed E-state index contributed by atoms with van der Waals surface area (Å²) in [6, 6.07) is 3.60. The molecule has 22 heavy (non-hydrogen) atoms. The van der Waals surface area contributed by atoms with Gasteiger partial charge in [0.25, 0.3) is 5.91 Å². The van der Waals surface area contributed by atoms with Gasteiger partial charge in [-0.05, 0) is 37.8 Å². The first-order valence-electron chi connectivity index (χ1n) is 7.82. The topological polar surface area (TPSA) is 67.6 Å². The van der Waals surface area contributed by atoms with E-state index in [1.807, 2.05) is 4.90 Å². The summed E-state index contributed by atoms with van der Waals surface area (Å²) in [4.78, 5) is 14.7. The predicted octanol–water partition coefficient (Wildman–Crippen LogP) is 2.86. The molecule has 1 fully saturated rings. The van der Waals surface area contributed by atoms with Crippen molar-refractivity contribution in [1.29, 1.82) is 0 Å². The number of hydrogen-bond donors (Lipinski definition) is 0. The van der Waals surface area contributed by atoms with Gasteiger partial charge in [0.05, 0.1) is 0 Å². The van der Waals surface area contributed by atoms with Gasteiger partial charge in [0.2, 0.25) is 0 Å². The average Bonchev–Trinajstić information content (AvgIpc) is 3.15. The van der Waals surface area contributed by atoms with E-state index in [1.54, 1.807) is 12.1 Å². The first kappa shape index (κ1) is 17.1. The van der Waals surface area contributed by atoms with Crippen LogP contribution in [0.2, 0.25) is 0 Å². The van der Waals surface area contributed by atoms with Gasteiger partial charge in [-0.1, -0.05) is 20.3 Å². The zero-order valence-corrected chi connectivity index (χ0v) is 14.5. The molecule has 5 nitrogen and oxygen atoms in total. The van der Waals surface area contributed by atoms with Crippen molar-refractivity contribution < 1.29 is 17.6 Å². The molecule has 1 aliphatic carbocycles. The van der Waals surface area contributed by atoms with E-state index in [-0.39, 0.29) is 23.5 Å². The quantitative estimate of drug-likeness (QED) is 0.772. The van der Waals surface area contributed by atoms with Crippen molar-refractivity contribution in [3.8, 4) is 0 Å². The van der Waals surface area contributed by atoms with Crippen LogP contribution in [0.1, 0.15) is 56.3 Å². The molecule has 2 atom stereocenters. The zero-order chi connectivity index (χ0) is 16.5. The highest BCUT2D eigenvalue weighted by molar-refractivity contribution is 7.89. The molecule has 1 aliphatic rings. The maximum Gasteiger partial charge on any atom is 0.290 e. The van der Waals surface area contributed by atoms with E-state index in [1.165, 1.54) is 0 Å². The van der Waals surface area contributed by atoms with Crippen molar-refractivity contribution in [2.75, 3.05) is 6.26 Å². The average molecular weight is 327 g/mol. The second-order valence-corrected chi connectivity index (χ2v) is 8.55. The van der Waals surface area contributed by atoms with Crippen LogP contribution in [0.4, 0.5) is 0 Å². The third kappa shape index (κ3) is 4.12. The highest BCUT2D eigenvalue weighted by Gasteiger charge is 2.38. The smallest absolute Gasteiger partial charge is 0.290 e. The molecule has 0 aliphatic heterocycles. The van der Waals surface area contributed by atoms with E-state index in [2.05, 4.69) is 20.8 Å². The van der Waals surface area contributed by atoms with Crippen LogP contribution in [-0.4, -0.2) is 37.6 Å². The minimum absolute atomic E-state index is 0.130. The number of carbonyl (C=O) groups is 1. The lowest BCUT2D eigenvalue weighted by atomic mass is 9.99. The summed E-state index contributed by atoms with van der Waals surface area (Å²) in [6.45, 7) is 6.34. The highest BCUT2D eigenvalue weighted by atomic mass is 32.2. The second kappa shape index (κ2) is 6.44. The minimum Gasteiger partial charge on any atom is -0.455 e. The summed E-state index contributed by atoms with van der Waals surface area (Å²) in [6.07, 6.45) is 4.22. The van der Waals surface area contributed by atoms with E-state index in [0.717, 1.165) is 25.5 Å². The summed E-state index contributed by atoms with van der Waals surface area (Å²) in [7, 11) is -3.17. The molecule has 1 aromatic rings. The van der Waals surface area contributed by atoms with E-state index in [9.17, 15) is 13.2 Å². The van der Waals surface area contributed by atoms with Crippen molar-refractivity contribution >= 4 is 15.7 Å². The van der Waals surface area contributed by atoms with Crippen molar-refractivity contribution in [1.82, 2.24) is 4.90 Å². The molecule has 0 radical (unpaired) electrons. The van der Waals surface area contributed by atoms with Gasteiger partial charge in [0.1, 0.15) is 11.5 Å². The van der Waals surface area contributed by atoms with Gasteiger partial charge < -0.3 is 9.32 Å². The highest BCUT2D eigenvalue weighted by Crippen LogP contribution is 2.33. The molecule has 6 heteroatoms. The summed E-state index contributed by atoms with van der Waals surface area (Å²) < 4.78 is 28.1. The van der Waals surface area contributed by atoms with E-state index in [4.69, 9.17) is 4.42 Å². The second-order valence-electron chi connectivity index (χ2n) is 6.41. The van der Waals surface area contributed by atoms with Crippen LogP contribution in [-0.2, 0) is 15.6 Å². The molecule has 0 saturated heterocycles. The van der Waals surface area contributed by atoms with Crippen LogP contribution >= 0.6 is 0 Å². The van der Waals surface area contributed by atoms with Crippen LogP contribution in [0.5, 0.6) is 0 Å². The Kier molecular flexibility index (Phi) is 5.00. The maximum absolute atomic E-state index is 12.7. The predicted molar refractivity (Wildman–Crippen MR) is 85.4 cm³/mol. The fraction of sp³-hybridized carbons (Fsp3) is 0.688. The van der Waals surface area contributed by atoms with Gasteiger partial charge in [0, 0.05) is 18.3 Å². The minimum atomic E-state index is -3.17. The molecule has 0 N–H and O–H groups in total. The number of sulfone groups is 1. The van der Waals surface area contributed by atoms with Gasteiger partial charge in [-0.15, -0.1) is 0 Å². The van der Waals surface area contributed by atoms with Gasteiger partial charge in [-0.25, -0.2) is 8.42 Å². The molecule has 0 spiro atoms. The van der Waals surface area contributed by atoms with Crippen molar-refractivity contribution in [3.05, 3.63) is 23.7 Å². The molecule has 1 saturated carbocycles. The van der Waals surface area contributed by atoms with E-state index >= 15 is 0 Å². The van der Waals surface area contributed by atoms with Gasteiger partial charge >= 0.3 is 0 Å². The largest absolute Gasteiger partial charge is 0.455 e. The number of hydrogen-bond acceptors (Lipinski definition) is 4. The molecule has 1 heterocycles. The van der Waals surface area contributed by atoms with Crippen LogP contribution in [0.25, 0.3) is 0 Å². The van der Waals surface area contributed by atoms with Crippen LogP contribution in [0.15, 0.2) is 16.5 Å². The summed E-state index contributed by atoms with van der Waals surface area (Å²) >= 11 is 0. The third-order valence-electron chi connectivity index (χ3n) is 4.36. The fourth-order valence-electron chi connectivity index (χ4n) is 2.61. The van der Waals surface area contributed by atoms with Crippen molar-refractivity contribution in [3.63, 3.8) is 0 Å². The monoisotopic (exact) mass is 327 g/mol. The Morgan fingerprint density at radius 2 is 2.00 bits per heavy atom. The lowest BCUT2D eigenvalue weighted by Crippen LogP contribution is -2.43. The fourth-order valence-corrected chi connectivity index (χ4v) is 3.28. The maximum atomic E-state index is 12.7. The van der Waals surface area contributed by atoms with E-state index in [0.29, 0.717) is 17.7 Å². The number of carbonyl (C=O) groups excluding carboxylic acids is 1. The summed E-state index contributed by atoms with van der Waals surface area (Å²) in [5.41, 5.74) is 0.